The van der Waals surface area contributed by atoms with E-state index in [4.69, 9.17) is 23.4 Å². The van der Waals surface area contributed by atoms with Gasteiger partial charge in [-0.3, -0.25) is 4.79 Å². The van der Waals surface area contributed by atoms with E-state index < -0.39 is 12.6 Å². The van der Waals surface area contributed by atoms with E-state index in [1.54, 1.807) is 23.3 Å². The molecule has 0 saturated carbocycles. The SMILES string of the molecule is [2H]C([2H])([2H])OCC1(C)CCCN1C(=O)c1nn(-c2ccsc2)c2c1COc1cc(OC)c(C=C(C)C)cc1-2. The molecule has 1 amide bonds. The monoisotopic (exact) mass is 496 g/mol. The molecule has 1 saturated heterocycles. The highest BCUT2D eigenvalue weighted by Crippen LogP contribution is 2.44. The number of nitrogens with zero attached hydrogens (tertiary/aromatic N) is 3. The van der Waals surface area contributed by atoms with Crippen molar-refractivity contribution in [1.82, 2.24) is 14.7 Å². The number of ether oxygens (including phenoxy) is 3. The molecule has 0 spiro atoms. The average Bonchev–Trinajstić information content (AvgIpc) is 3.60. The molecule has 5 rings (SSSR count). The van der Waals surface area contributed by atoms with E-state index in [9.17, 15) is 4.79 Å². The van der Waals surface area contributed by atoms with Crippen molar-refractivity contribution in [2.45, 2.75) is 45.8 Å². The zero-order chi connectivity index (χ0) is 27.2. The Morgan fingerprint density at radius 2 is 2.26 bits per heavy atom. The third-order valence-electron chi connectivity index (χ3n) is 6.72. The Kier molecular flexibility index (Phi) is 5.27. The lowest BCUT2D eigenvalue weighted by Gasteiger charge is -2.34. The zero-order valence-electron chi connectivity index (χ0n) is 23.4. The molecule has 0 radical (unpaired) electrons. The minimum Gasteiger partial charge on any atom is -0.496 e. The van der Waals surface area contributed by atoms with Crippen molar-refractivity contribution in [2.75, 3.05) is 27.3 Å². The van der Waals surface area contributed by atoms with Gasteiger partial charge in [0, 0.05) is 41.7 Å². The Balaban J connectivity index is 1.63. The van der Waals surface area contributed by atoms with E-state index >= 15 is 0 Å². The van der Waals surface area contributed by atoms with Crippen LogP contribution in [0.15, 0.2) is 34.5 Å². The summed E-state index contributed by atoms with van der Waals surface area (Å²) < 4.78 is 41.1. The highest BCUT2D eigenvalue weighted by atomic mass is 32.1. The van der Waals surface area contributed by atoms with E-state index in [0.29, 0.717) is 35.7 Å². The lowest BCUT2D eigenvalue weighted by Crippen LogP contribution is -2.48. The fraction of sp³-hybridized carbons (Fsp3) is 0.407. The molecule has 0 N–H and O–H groups in total. The van der Waals surface area contributed by atoms with Crippen LogP contribution in [0.2, 0.25) is 0 Å². The molecule has 0 aliphatic carbocycles. The number of methoxy groups -OCH3 is 2. The summed E-state index contributed by atoms with van der Waals surface area (Å²) in [6, 6.07) is 5.86. The van der Waals surface area contributed by atoms with Gasteiger partial charge in [-0.1, -0.05) is 11.6 Å². The third kappa shape index (κ3) is 4.04. The summed E-state index contributed by atoms with van der Waals surface area (Å²) in [5.74, 6) is 1.11. The molecular weight excluding hydrogens is 462 g/mol. The number of thiophene rings is 1. The summed E-state index contributed by atoms with van der Waals surface area (Å²) in [6.45, 7) is 6.52. The van der Waals surface area contributed by atoms with Crippen molar-refractivity contribution in [1.29, 1.82) is 0 Å². The number of likely N-dealkylation sites (tertiary alicyclic amines) is 1. The number of carbonyl (C=O) groups is 1. The number of amides is 1. The smallest absolute Gasteiger partial charge is 0.275 e. The molecule has 1 aromatic carbocycles. The lowest BCUT2D eigenvalue weighted by atomic mass is 9.97. The van der Waals surface area contributed by atoms with E-state index in [2.05, 4.69) is 0 Å². The van der Waals surface area contributed by atoms with Crippen molar-refractivity contribution in [3.63, 3.8) is 0 Å². The molecule has 2 aromatic heterocycles. The summed E-state index contributed by atoms with van der Waals surface area (Å²) in [5.41, 5.74) is 4.77. The summed E-state index contributed by atoms with van der Waals surface area (Å²) in [6.07, 6.45) is 3.45. The standard InChI is InChI=1S/C27H31N3O4S/c1-17(2)11-18-12-20-23(13-22(18)33-5)34-14-21-24(28-30(25(20)21)19-7-10-35-15-19)26(31)29-9-6-8-27(29,3)16-32-4/h7,10-13,15H,6,8-9,14,16H2,1-5H3/i4D3. The van der Waals surface area contributed by atoms with Crippen LogP contribution in [-0.4, -0.2) is 53.4 Å². The molecule has 2 aliphatic heterocycles. The normalized spacial score (nSPS) is 20.2. The zero-order valence-corrected chi connectivity index (χ0v) is 21.2. The fourth-order valence-corrected chi connectivity index (χ4v) is 5.65. The van der Waals surface area contributed by atoms with E-state index in [-0.39, 0.29) is 19.1 Å². The highest BCUT2D eigenvalue weighted by Gasteiger charge is 2.42. The predicted molar refractivity (Wildman–Crippen MR) is 138 cm³/mol. The first-order valence-electron chi connectivity index (χ1n) is 13.1. The molecule has 1 fully saturated rings. The van der Waals surface area contributed by atoms with Crippen LogP contribution in [-0.2, 0) is 11.3 Å². The number of hydrogen-bond acceptors (Lipinski definition) is 6. The fourth-order valence-electron chi connectivity index (χ4n) is 5.04. The molecule has 8 heteroatoms. The first-order valence-corrected chi connectivity index (χ1v) is 12.6. The Hall–Kier alpha value is -3.10. The second kappa shape index (κ2) is 9.17. The van der Waals surface area contributed by atoms with Gasteiger partial charge in [0.2, 0.25) is 0 Å². The number of aromatic nitrogens is 2. The Morgan fingerprint density at radius 3 is 2.97 bits per heavy atom. The quantitative estimate of drug-likeness (QED) is 0.447. The summed E-state index contributed by atoms with van der Waals surface area (Å²) in [7, 11) is -0.894. The maximum absolute atomic E-state index is 14.0. The molecule has 2 aliphatic rings. The van der Waals surface area contributed by atoms with Gasteiger partial charge in [-0.25, -0.2) is 4.68 Å². The van der Waals surface area contributed by atoms with Crippen LogP contribution in [0.5, 0.6) is 11.5 Å². The average molecular weight is 497 g/mol. The Morgan fingerprint density at radius 1 is 1.40 bits per heavy atom. The number of carbonyl (C=O) groups excluding carboxylic acids is 1. The molecule has 35 heavy (non-hydrogen) atoms. The van der Waals surface area contributed by atoms with Gasteiger partial charge in [-0.15, -0.1) is 0 Å². The van der Waals surface area contributed by atoms with Gasteiger partial charge in [0.15, 0.2) is 5.69 Å². The number of allylic oxidation sites excluding steroid dienone is 1. The number of rotatable bonds is 6. The first-order chi connectivity index (χ1) is 18.0. The topological polar surface area (TPSA) is 65.8 Å². The van der Waals surface area contributed by atoms with E-state index in [1.807, 2.05) is 60.5 Å². The van der Waals surface area contributed by atoms with Gasteiger partial charge < -0.3 is 19.1 Å². The Bertz CT molecular complexity index is 1390. The van der Waals surface area contributed by atoms with Crippen molar-refractivity contribution in [3.05, 3.63) is 51.4 Å². The molecular formula is C27H31N3O4S. The van der Waals surface area contributed by atoms with E-state index in [1.165, 1.54) is 0 Å². The summed E-state index contributed by atoms with van der Waals surface area (Å²) in [5, 5.41) is 8.80. The van der Waals surface area contributed by atoms with E-state index in [0.717, 1.165) is 34.5 Å². The van der Waals surface area contributed by atoms with Crippen LogP contribution in [0.3, 0.4) is 0 Å². The van der Waals surface area contributed by atoms with Crippen molar-refractivity contribution >= 4 is 23.3 Å². The van der Waals surface area contributed by atoms with Crippen LogP contribution >= 0.6 is 11.3 Å². The second-order valence-corrected chi connectivity index (χ2v) is 10.3. The lowest BCUT2D eigenvalue weighted by molar-refractivity contribution is 0.0359. The van der Waals surface area contributed by atoms with Crippen LogP contribution in [0.1, 0.15) is 59.3 Å². The van der Waals surface area contributed by atoms with Gasteiger partial charge in [0.25, 0.3) is 5.91 Å². The van der Waals surface area contributed by atoms with Gasteiger partial charge in [0.1, 0.15) is 18.1 Å². The molecule has 7 nitrogen and oxygen atoms in total. The number of benzene rings is 1. The van der Waals surface area contributed by atoms with Gasteiger partial charge in [0.05, 0.1) is 34.7 Å². The minimum atomic E-state index is -2.53. The highest BCUT2D eigenvalue weighted by molar-refractivity contribution is 7.08. The third-order valence-corrected chi connectivity index (χ3v) is 7.39. The largest absolute Gasteiger partial charge is 0.496 e. The second-order valence-electron chi connectivity index (χ2n) is 9.52. The summed E-state index contributed by atoms with van der Waals surface area (Å²) >= 11 is 1.55. The van der Waals surface area contributed by atoms with Crippen LogP contribution in [0, 0.1) is 0 Å². The molecule has 0 bridgehead atoms. The summed E-state index contributed by atoms with van der Waals surface area (Å²) in [4.78, 5) is 15.7. The van der Waals surface area contributed by atoms with Crippen molar-refractivity contribution in [2.24, 2.45) is 0 Å². The Labute approximate surface area is 214 Å². The number of fused-ring (bicyclic) bond motifs is 3. The van der Waals surface area contributed by atoms with Crippen molar-refractivity contribution in [3.8, 4) is 28.4 Å². The van der Waals surface area contributed by atoms with Gasteiger partial charge in [-0.2, -0.15) is 16.4 Å². The molecule has 1 atom stereocenters. The van der Waals surface area contributed by atoms with Crippen LogP contribution < -0.4 is 9.47 Å². The maximum atomic E-state index is 14.0. The van der Waals surface area contributed by atoms with Crippen LogP contribution in [0.25, 0.3) is 23.0 Å². The first kappa shape index (κ1) is 20.1. The molecule has 4 heterocycles. The predicted octanol–water partition coefficient (Wildman–Crippen LogP) is 5.57. The minimum absolute atomic E-state index is 0.0755. The van der Waals surface area contributed by atoms with Gasteiger partial charge in [-0.05, 0) is 51.1 Å². The van der Waals surface area contributed by atoms with Crippen molar-refractivity contribution < 1.29 is 23.1 Å². The molecule has 3 aromatic rings. The maximum Gasteiger partial charge on any atom is 0.275 e. The molecule has 1 unspecified atom stereocenters. The number of hydrogen-bond donors (Lipinski definition) is 0. The van der Waals surface area contributed by atoms with Gasteiger partial charge >= 0.3 is 0 Å². The van der Waals surface area contributed by atoms with Crippen LogP contribution in [0.4, 0.5) is 0 Å². The molecule has 184 valence electrons.